The highest BCUT2D eigenvalue weighted by Gasteiger charge is 2.12. The second kappa shape index (κ2) is 7.36. The van der Waals surface area contributed by atoms with Crippen LogP contribution in [-0.2, 0) is 0 Å². The zero-order valence-electron chi connectivity index (χ0n) is 13.1. The number of halogens is 1. The van der Waals surface area contributed by atoms with Gasteiger partial charge in [-0.3, -0.25) is 14.8 Å². The van der Waals surface area contributed by atoms with Crippen LogP contribution in [0.1, 0.15) is 28.9 Å². The highest BCUT2D eigenvalue weighted by Crippen LogP contribution is 2.22. The molecule has 0 spiro atoms. The fourth-order valence-electron chi connectivity index (χ4n) is 2.42. The smallest absolute Gasteiger partial charge is 0.253 e. The van der Waals surface area contributed by atoms with Crippen LogP contribution in [0.5, 0.6) is 0 Å². The first-order valence-electron chi connectivity index (χ1n) is 7.55. The lowest BCUT2D eigenvalue weighted by molar-refractivity contribution is 0.0939. The van der Waals surface area contributed by atoms with Crippen LogP contribution in [0.25, 0.3) is 11.1 Å². The van der Waals surface area contributed by atoms with Gasteiger partial charge in [0.15, 0.2) is 0 Å². The van der Waals surface area contributed by atoms with Crippen LogP contribution in [0, 0.1) is 0 Å². The van der Waals surface area contributed by atoms with Gasteiger partial charge in [-0.15, -0.1) is 0 Å². The summed E-state index contributed by atoms with van der Waals surface area (Å²) in [6.45, 7) is 1.96. The molecule has 0 aliphatic heterocycles. The fraction of sp³-hybridized carbons (Fsp3) is 0.105. The van der Waals surface area contributed by atoms with Crippen molar-refractivity contribution < 1.29 is 4.79 Å². The van der Waals surface area contributed by atoms with Crippen LogP contribution < -0.4 is 5.32 Å². The van der Waals surface area contributed by atoms with E-state index < -0.39 is 0 Å². The number of aromatic nitrogens is 2. The van der Waals surface area contributed by atoms with E-state index in [9.17, 15) is 4.79 Å². The fourth-order valence-corrected chi connectivity index (χ4v) is 2.79. The second-order valence-corrected chi connectivity index (χ2v) is 6.37. The van der Waals surface area contributed by atoms with E-state index in [4.69, 9.17) is 0 Å². The molecule has 1 atom stereocenters. The molecule has 0 saturated carbocycles. The van der Waals surface area contributed by atoms with Gasteiger partial charge in [-0.1, -0.05) is 24.3 Å². The highest BCUT2D eigenvalue weighted by molar-refractivity contribution is 9.10. The Morgan fingerprint density at radius 3 is 2.62 bits per heavy atom. The summed E-state index contributed by atoms with van der Waals surface area (Å²) in [4.78, 5) is 20.5. The first-order chi connectivity index (χ1) is 11.6. The van der Waals surface area contributed by atoms with Gasteiger partial charge in [-0.25, -0.2) is 0 Å². The third-order valence-corrected chi connectivity index (χ3v) is 4.13. The average Bonchev–Trinajstić information content (AvgIpc) is 2.62. The molecule has 4 nitrogen and oxygen atoms in total. The van der Waals surface area contributed by atoms with Gasteiger partial charge in [0.25, 0.3) is 5.91 Å². The number of rotatable bonds is 4. The third kappa shape index (κ3) is 3.86. The van der Waals surface area contributed by atoms with E-state index in [0.29, 0.717) is 5.56 Å². The number of hydrogen-bond donors (Lipinski definition) is 1. The van der Waals surface area contributed by atoms with Crippen LogP contribution in [-0.4, -0.2) is 15.9 Å². The number of carbonyl (C=O) groups is 1. The summed E-state index contributed by atoms with van der Waals surface area (Å²) in [6, 6.07) is 13.7. The molecule has 24 heavy (non-hydrogen) atoms. The maximum atomic E-state index is 12.4. The van der Waals surface area contributed by atoms with Crippen molar-refractivity contribution in [1.82, 2.24) is 15.3 Å². The van der Waals surface area contributed by atoms with Crippen LogP contribution in [0.15, 0.2) is 71.7 Å². The number of nitrogens with one attached hydrogen (secondary N) is 1. The molecule has 0 aliphatic carbocycles. The number of nitrogens with zero attached hydrogens (tertiary/aromatic N) is 2. The second-order valence-electron chi connectivity index (χ2n) is 5.45. The van der Waals surface area contributed by atoms with Gasteiger partial charge in [0.05, 0.1) is 11.6 Å². The van der Waals surface area contributed by atoms with Gasteiger partial charge in [0.2, 0.25) is 0 Å². The van der Waals surface area contributed by atoms with Gasteiger partial charge in [-0.05, 0) is 57.7 Å². The van der Waals surface area contributed by atoms with E-state index in [1.165, 1.54) is 0 Å². The molecule has 3 aromatic rings. The molecule has 3 rings (SSSR count). The highest BCUT2D eigenvalue weighted by atomic mass is 79.9. The van der Waals surface area contributed by atoms with E-state index in [0.717, 1.165) is 21.2 Å². The number of amides is 1. The Morgan fingerprint density at radius 1 is 1.04 bits per heavy atom. The normalized spacial score (nSPS) is 11.8. The summed E-state index contributed by atoms with van der Waals surface area (Å²) < 4.78 is 0.779. The van der Waals surface area contributed by atoms with E-state index in [-0.39, 0.29) is 11.9 Å². The average molecular weight is 382 g/mol. The van der Waals surface area contributed by atoms with Crippen LogP contribution in [0.3, 0.4) is 0 Å². The van der Waals surface area contributed by atoms with Crippen LogP contribution >= 0.6 is 15.9 Å². The third-order valence-electron chi connectivity index (χ3n) is 3.70. The molecule has 0 saturated heterocycles. The zero-order valence-corrected chi connectivity index (χ0v) is 14.7. The van der Waals surface area contributed by atoms with Gasteiger partial charge in [-0.2, -0.15) is 0 Å². The van der Waals surface area contributed by atoms with Crippen molar-refractivity contribution in [2.75, 3.05) is 0 Å². The monoisotopic (exact) mass is 381 g/mol. The summed E-state index contributed by atoms with van der Waals surface area (Å²) >= 11 is 3.33. The molecule has 2 aromatic heterocycles. The van der Waals surface area contributed by atoms with E-state index in [2.05, 4.69) is 37.3 Å². The maximum Gasteiger partial charge on any atom is 0.253 e. The first kappa shape index (κ1) is 16.3. The van der Waals surface area contributed by atoms with Crippen LogP contribution in [0.4, 0.5) is 0 Å². The van der Waals surface area contributed by atoms with Crippen LogP contribution in [0.2, 0.25) is 0 Å². The summed E-state index contributed by atoms with van der Waals surface area (Å²) in [5.74, 6) is -0.150. The Morgan fingerprint density at radius 2 is 1.88 bits per heavy atom. The first-order valence-corrected chi connectivity index (χ1v) is 8.34. The molecular weight excluding hydrogens is 366 g/mol. The van der Waals surface area contributed by atoms with Gasteiger partial charge in [0.1, 0.15) is 0 Å². The van der Waals surface area contributed by atoms with Crippen molar-refractivity contribution >= 4 is 21.8 Å². The SMILES string of the molecule is CC(NC(=O)c1cncc(Br)c1)c1cccc(-c2cccnc2)c1. The van der Waals surface area contributed by atoms with Crippen molar-refractivity contribution in [3.8, 4) is 11.1 Å². The number of carbonyl (C=O) groups excluding carboxylic acids is 1. The largest absolute Gasteiger partial charge is 0.345 e. The molecule has 0 aliphatic rings. The summed E-state index contributed by atoms with van der Waals surface area (Å²) in [7, 11) is 0. The molecule has 1 unspecified atom stereocenters. The minimum Gasteiger partial charge on any atom is -0.345 e. The van der Waals surface area contributed by atoms with E-state index in [1.807, 2.05) is 43.5 Å². The molecule has 0 fully saturated rings. The van der Waals surface area contributed by atoms with Gasteiger partial charge < -0.3 is 5.32 Å². The summed E-state index contributed by atoms with van der Waals surface area (Å²) in [6.07, 6.45) is 6.79. The molecular formula is C19H16BrN3O. The number of hydrogen-bond acceptors (Lipinski definition) is 3. The molecule has 5 heteroatoms. The molecule has 0 bridgehead atoms. The lowest BCUT2D eigenvalue weighted by atomic mass is 10.0. The van der Waals surface area contributed by atoms with E-state index in [1.54, 1.807) is 24.7 Å². The Labute approximate surface area is 149 Å². The van der Waals surface area contributed by atoms with E-state index >= 15 is 0 Å². The summed E-state index contributed by atoms with van der Waals surface area (Å²) in [5.41, 5.74) is 3.69. The maximum absolute atomic E-state index is 12.4. The lowest BCUT2D eigenvalue weighted by Crippen LogP contribution is -2.26. The molecule has 2 heterocycles. The Kier molecular flexibility index (Phi) is 5.01. The lowest BCUT2D eigenvalue weighted by Gasteiger charge is -2.15. The molecule has 1 N–H and O–H groups in total. The Balaban J connectivity index is 1.78. The van der Waals surface area contributed by atoms with Crippen molar-refractivity contribution in [1.29, 1.82) is 0 Å². The van der Waals surface area contributed by atoms with Crippen molar-refractivity contribution in [3.63, 3.8) is 0 Å². The predicted octanol–water partition coefficient (Wildman–Crippen LogP) is 4.40. The Hall–Kier alpha value is -2.53. The van der Waals surface area contributed by atoms with Gasteiger partial charge in [0, 0.05) is 29.3 Å². The molecule has 0 radical (unpaired) electrons. The van der Waals surface area contributed by atoms with Crippen molar-refractivity contribution in [2.24, 2.45) is 0 Å². The molecule has 1 aromatic carbocycles. The van der Waals surface area contributed by atoms with Crippen molar-refractivity contribution in [2.45, 2.75) is 13.0 Å². The number of benzene rings is 1. The molecule has 1 amide bonds. The molecule has 120 valence electrons. The number of pyridine rings is 2. The zero-order chi connectivity index (χ0) is 16.9. The predicted molar refractivity (Wildman–Crippen MR) is 97.5 cm³/mol. The van der Waals surface area contributed by atoms with Gasteiger partial charge >= 0.3 is 0 Å². The summed E-state index contributed by atoms with van der Waals surface area (Å²) in [5, 5.41) is 3.00. The standard InChI is InChI=1S/C19H16BrN3O/c1-13(23-19(24)17-9-18(20)12-22-11-17)14-4-2-5-15(8-14)16-6-3-7-21-10-16/h2-13H,1H3,(H,23,24). The van der Waals surface area contributed by atoms with Crippen molar-refractivity contribution in [3.05, 3.63) is 82.9 Å². The quantitative estimate of drug-likeness (QED) is 0.728. The minimum atomic E-state index is -0.150. The topological polar surface area (TPSA) is 54.9 Å². The minimum absolute atomic E-state index is 0.117. The Bertz CT molecular complexity index is 852.